The first-order chi connectivity index (χ1) is 17.9. The number of benzene rings is 2. The Kier molecular flexibility index (Phi) is 5.09. The molecule has 0 aliphatic heterocycles. The summed E-state index contributed by atoms with van der Waals surface area (Å²) in [5, 5.41) is 19.0. The van der Waals surface area contributed by atoms with Gasteiger partial charge in [0.2, 0.25) is 0 Å². The Balaban J connectivity index is 1.39. The molecule has 0 saturated carbocycles. The van der Waals surface area contributed by atoms with Crippen molar-refractivity contribution in [2.45, 2.75) is 36.8 Å². The number of aromatic nitrogens is 6. The number of allylic oxidation sites excluding steroid dienone is 8. The van der Waals surface area contributed by atoms with E-state index in [0.29, 0.717) is 13.1 Å². The first-order valence-electron chi connectivity index (χ1n) is 12.5. The highest BCUT2D eigenvalue weighted by Crippen LogP contribution is 2.49. The molecule has 6 nitrogen and oxygen atoms in total. The van der Waals surface area contributed by atoms with Crippen molar-refractivity contribution in [3.05, 3.63) is 143 Å². The van der Waals surface area contributed by atoms with Crippen molar-refractivity contribution in [3.63, 3.8) is 0 Å². The van der Waals surface area contributed by atoms with Crippen LogP contribution in [0, 0.1) is 0 Å². The van der Waals surface area contributed by atoms with E-state index in [0.717, 1.165) is 11.4 Å². The third kappa shape index (κ3) is 3.49. The second-order valence-corrected chi connectivity index (χ2v) is 9.65. The van der Waals surface area contributed by atoms with Gasteiger partial charge in [0.1, 0.15) is 0 Å². The van der Waals surface area contributed by atoms with Crippen molar-refractivity contribution in [1.82, 2.24) is 30.0 Å². The largest absolute Gasteiger partial charge is 0.244 e. The van der Waals surface area contributed by atoms with Gasteiger partial charge in [0, 0.05) is 23.7 Å². The third-order valence-electron chi connectivity index (χ3n) is 7.48. The van der Waals surface area contributed by atoms with E-state index < -0.39 is 0 Å². The van der Waals surface area contributed by atoms with Crippen molar-refractivity contribution in [2.24, 2.45) is 0 Å². The Hall–Kier alpha value is -4.32. The molecule has 2 aromatic carbocycles. The van der Waals surface area contributed by atoms with Crippen LogP contribution in [-0.2, 0) is 13.1 Å². The molecule has 3 aliphatic rings. The van der Waals surface area contributed by atoms with Crippen LogP contribution in [0.5, 0.6) is 0 Å². The molecule has 4 aromatic rings. The van der Waals surface area contributed by atoms with E-state index in [1.165, 1.54) is 22.5 Å². The molecule has 36 heavy (non-hydrogen) atoms. The quantitative estimate of drug-likeness (QED) is 0.408. The molecule has 0 amide bonds. The maximum Gasteiger partial charge on any atom is 0.0944 e. The van der Waals surface area contributed by atoms with E-state index in [-0.39, 0.29) is 23.7 Å². The molecule has 3 aliphatic carbocycles. The van der Waals surface area contributed by atoms with Crippen LogP contribution in [0.4, 0.5) is 0 Å². The zero-order valence-corrected chi connectivity index (χ0v) is 19.8. The highest BCUT2D eigenvalue weighted by Gasteiger charge is 2.42. The molecule has 176 valence electrons. The molecule has 0 fully saturated rings. The van der Waals surface area contributed by atoms with Crippen molar-refractivity contribution in [1.29, 1.82) is 0 Å². The average Bonchev–Trinajstić information content (AvgIpc) is 3.53. The molecule has 0 unspecified atom stereocenters. The normalized spacial score (nSPS) is 23.3. The van der Waals surface area contributed by atoms with Gasteiger partial charge in [0.05, 0.1) is 35.9 Å². The fourth-order valence-electron chi connectivity index (χ4n) is 5.83. The fourth-order valence-corrected chi connectivity index (χ4v) is 5.83. The van der Waals surface area contributed by atoms with Crippen LogP contribution in [0.15, 0.2) is 109 Å². The summed E-state index contributed by atoms with van der Waals surface area (Å²) >= 11 is 0. The number of nitrogens with zero attached hydrogens (tertiary/aromatic N) is 6. The van der Waals surface area contributed by atoms with Gasteiger partial charge in [-0.05, 0) is 11.1 Å². The third-order valence-corrected chi connectivity index (χ3v) is 7.48. The first kappa shape index (κ1) is 21.0. The van der Waals surface area contributed by atoms with Gasteiger partial charge in [-0.2, -0.15) is 0 Å². The lowest BCUT2D eigenvalue weighted by Gasteiger charge is -2.33. The summed E-state index contributed by atoms with van der Waals surface area (Å²) in [6, 6.07) is 21.0. The van der Waals surface area contributed by atoms with Gasteiger partial charge >= 0.3 is 0 Å². The Morgan fingerprint density at radius 2 is 0.889 bits per heavy atom. The molecular formula is C30H26N6. The van der Waals surface area contributed by atoms with Crippen LogP contribution < -0.4 is 0 Å². The molecule has 2 heterocycles. The first-order valence-corrected chi connectivity index (χ1v) is 12.5. The molecule has 6 heteroatoms. The molecule has 0 N–H and O–H groups in total. The predicted molar refractivity (Wildman–Crippen MR) is 139 cm³/mol. The van der Waals surface area contributed by atoms with E-state index in [1.807, 2.05) is 12.1 Å². The highest BCUT2D eigenvalue weighted by molar-refractivity contribution is 5.47. The van der Waals surface area contributed by atoms with Crippen molar-refractivity contribution in [2.75, 3.05) is 0 Å². The summed E-state index contributed by atoms with van der Waals surface area (Å²) in [5.74, 6) is 0.317. The number of hydrogen-bond donors (Lipinski definition) is 0. The minimum atomic E-state index is 0.0709. The average molecular weight is 471 g/mol. The molecule has 0 radical (unpaired) electrons. The summed E-state index contributed by atoms with van der Waals surface area (Å²) in [6.07, 6.45) is 17.6. The SMILES string of the molecule is C1=C[C@@H]2c3c(nnn3Cc3ccccc3)[C@@H]3C=CC=C[C@@H]3c3c(nnn3Cc3ccccc3)[C@@H]2C=C1. The standard InChI is InChI=1S/C30H26N6/c1-3-11-21(12-4-1)19-35-29-25-17-9-7-15-23(25)28-30(26-18-10-8-16-24(26)27(29)31-33-35)36(34-32-28)20-22-13-5-2-6-14-22/h1-18,23-26H,19-20H2/t23-,24-,25+,26+/m1/s1. The zero-order chi connectivity index (χ0) is 23.9. The summed E-state index contributed by atoms with van der Waals surface area (Å²) in [6.45, 7) is 1.38. The second kappa shape index (κ2) is 8.72. The molecule has 7 rings (SSSR count). The smallest absolute Gasteiger partial charge is 0.0944 e. The van der Waals surface area contributed by atoms with E-state index >= 15 is 0 Å². The van der Waals surface area contributed by atoms with E-state index in [2.05, 4.69) is 107 Å². The minimum absolute atomic E-state index is 0.0709. The van der Waals surface area contributed by atoms with Crippen molar-refractivity contribution < 1.29 is 0 Å². The van der Waals surface area contributed by atoms with Gasteiger partial charge in [-0.1, -0.05) is 120 Å². The van der Waals surface area contributed by atoms with Crippen LogP contribution in [0.2, 0.25) is 0 Å². The van der Waals surface area contributed by atoms with E-state index in [9.17, 15) is 0 Å². The lowest BCUT2D eigenvalue weighted by molar-refractivity contribution is 0.545. The maximum absolute atomic E-state index is 4.82. The lowest BCUT2D eigenvalue weighted by atomic mass is 9.72. The highest BCUT2D eigenvalue weighted by atomic mass is 15.4. The Labute approximate surface area is 210 Å². The summed E-state index contributed by atoms with van der Waals surface area (Å²) in [7, 11) is 0. The Morgan fingerprint density at radius 3 is 1.31 bits per heavy atom. The number of fused-ring (bicyclic) bond motifs is 8. The van der Waals surface area contributed by atoms with Gasteiger partial charge in [0.25, 0.3) is 0 Å². The van der Waals surface area contributed by atoms with Gasteiger partial charge in [-0.15, -0.1) is 10.2 Å². The number of hydrogen-bond acceptors (Lipinski definition) is 4. The van der Waals surface area contributed by atoms with Gasteiger partial charge < -0.3 is 0 Å². The van der Waals surface area contributed by atoms with Crippen molar-refractivity contribution in [3.8, 4) is 0 Å². The van der Waals surface area contributed by atoms with E-state index in [4.69, 9.17) is 20.6 Å². The van der Waals surface area contributed by atoms with Gasteiger partial charge in [-0.3, -0.25) is 0 Å². The number of rotatable bonds is 4. The predicted octanol–water partition coefficient (Wildman–Crippen LogP) is 5.27. The lowest BCUT2D eigenvalue weighted by Crippen LogP contribution is -2.25. The Bertz CT molecular complexity index is 1390. The maximum atomic E-state index is 4.82. The monoisotopic (exact) mass is 470 g/mol. The zero-order valence-electron chi connectivity index (χ0n) is 19.8. The Morgan fingerprint density at radius 1 is 0.500 bits per heavy atom. The molecule has 0 bridgehead atoms. The molecular weight excluding hydrogens is 444 g/mol. The molecule has 2 aromatic heterocycles. The molecule has 0 spiro atoms. The summed E-state index contributed by atoms with van der Waals surface area (Å²) in [4.78, 5) is 0. The summed E-state index contributed by atoms with van der Waals surface area (Å²) in [5.41, 5.74) is 6.85. The minimum Gasteiger partial charge on any atom is -0.244 e. The van der Waals surface area contributed by atoms with Crippen LogP contribution in [0.25, 0.3) is 0 Å². The topological polar surface area (TPSA) is 61.4 Å². The molecule has 0 saturated heterocycles. The van der Waals surface area contributed by atoms with Gasteiger partial charge in [-0.25, -0.2) is 9.36 Å². The molecule has 4 atom stereocenters. The second-order valence-electron chi connectivity index (χ2n) is 9.65. The van der Waals surface area contributed by atoms with Crippen molar-refractivity contribution >= 4 is 0 Å². The fraction of sp³-hybridized carbons (Fsp3) is 0.200. The van der Waals surface area contributed by atoms with Crippen LogP contribution in [0.3, 0.4) is 0 Å². The van der Waals surface area contributed by atoms with Crippen LogP contribution in [-0.4, -0.2) is 30.0 Å². The van der Waals surface area contributed by atoms with E-state index in [1.54, 1.807) is 0 Å². The van der Waals surface area contributed by atoms with Crippen LogP contribution >= 0.6 is 0 Å². The van der Waals surface area contributed by atoms with Gasteiger partial charge in [0.15, 0.2) is 0 Å². The summed E-state index contributed by atoms with van der Waals surface area (Å²) < 4.78 is 4.18. The van der Waals surface area contributed by atoms with Crippen LogP contribution in [0.1, 0.15) is 57.6 Å².